The monoisotopic (exact) mass is 154 g/mol. The zero-order valence-corrected chi connectivity index (χ0v) is 7.34. The number of likely N-dealkylation sites (tertiary alicyclic amines) is 1. The molecular formula is C9H18N2. The summed E-state index contributed by atoms with van der Waals surface area (Å²) in [6.07, 6.45) is 5.66. The van der Waals surface area contributed by atoms with Gasteiger partial charge in [-0.2, -0.15) is 0 Å². The van der Waals surface area contributed by atoms with Gasteiger partial charge in [0.25, 0.3) is 0 Å². The number of hydrogen-bond acceptors (Lipinski definition) is 2. The molecule has 0 bridgehead atoms. The third kappa shape index (κ3) is 1.30. The first-order valence-corrected chi connectivity index (χ1v) is 4.83. The van der Waals surface area contributed by atoms with Crippen molar-refractivity contribution in [2.45, 2.75) is 37.8 Å². The molecule has 1 aliphatic heterocycles. The molecule has 1 saturated carbocycles. The lowest BCUT2D eigenvalue weighted by molar-refractivity contribution is 0.105. The van der Waals surface area contributed by atoms with Crippen molar-refractivity contribution in [1.29, 1.82) is 0 Å². The van der Waals surface area contributed by atoms with E-state index >= 15 is 0 Å². The Morgan fingerprint density at radius 2 is 2.00 bits per heavy atom. The molecule has 1 N–H and O–H groups in total. The van der Waals surface area contributed by atoms with Gasteiger partial charge in [0, 0.05) is 12.1 Å². The number of nitrogens with one attached hydrogen (secondary N) is 1. The van der Waals surface area contributed by atoms with Crippen LogP contribution in [0.4, 0.5) is 0 Å². The molecule has 2 nitrogen and oxygen atoms in total. The van der Waals surface area contributed by atoms with Crippen LogP contribution in [-0.2, 0) is 0 Å². The molecule has 11 heavy (non-hydrogen) atoms. The lowest BCUT2D eigenvalue weighted by atomic mass is 10.1. The van der Waals surface area contributed by atoms with Gasteiger partial charge in [-0.25, -0.2) is 0 Å². The zero-order valence-electron chi connectivity index (χ0n) is 7.34. The summed E-state index contributed by atoms with van der Waals surface area (Å²) in [7, 11) is 2.10. The summed E-state index contributed by atoms with van der Waals surface area (Å²) >= 11 is 0. The summed E-state index contributed by atoms with van der Waals surface area (Å²) in [6.45, 7) is 2.70. The van der Waals surface area contributed by atoms with Gasteiger partial charge < -0.3 is 5.32 Å². The van der Waals surface area contributed by atoms with Crippen LogP contribution in [0.5, 0.6) is 0 Å². The first kappa shape index (κ1) is 7.56. The number of likely N-dealkylation sites (N-methyl/N-ethyl adjacent to an activating group) is 1. The van der Waals surface area contributed by atoms with Gasteiger partial charge in [0.05, 0.1) is 0 Å². The molecule has 1 saturated heterocycles. The predicted molar refractivity (Wildman–Crippen MR) is 46.7 cm³/mol. The van der Waals surface area contributed by atoms with Crippen molar-refractivity contribution in [2.75, 3.05) is 20.1 Å². The third-order valence-corrected chi connectivity index (χ3v) is 3.21. The molecule has 2 aliphatic rings. The van der Waals surface area contributed by atoms with E-state index in [2.05, 4.69) is 17.3 Å². The minimum absolute atomic E-state index is 0.787. The summed E-state index contributed by atoms with van der Waals surface area (Å²) in [5.41, 5.74) is 0. The molecule has 1 aliphatic carbocycles. The molecule has 64 valence electrons. The molecular weight excluding hydrogens is 136 g/mol. The van der Waals surface area contributed by atoms with Crippen LogP contribution in [0, 0.1) is 0 Å². The molecule has 0 spiro atoms. The molecule has 0 radical (unpaired) electrons. The van der Waals surface area contributed by atoms with Crippen LogP contribution >= 0.6 is 0 Å². The highest BCUT2D eigenvalue weighted by molar-refractivity contribution is 4.92. The van der Waals surface area contributed by atoms with E-state index in [1.165, 1.54) is 38.8 Å². The van der Waals surface area contributed by atoms with Gasteiger partial charge in [-0.1, -0.05) is 6.42 Å². The van der Waals surface area contributed by atoms with E-state index in [9.17, 15) is 0 Å². The van der Waals surface area contributed by atoms with Gasteiger partial charge in [-0.15, -0.1) is 0 Å². The van der Waals surface area contributed by atoms with E-state index in [1.54, 1.807) is 0 Å². The molecule has 0 aromatic carbocycles. The number of hydrogen-bond donors (Lipinski definition) is 1. The van der Waals surface area contributed by atoms with Crippen molar-refractivity contribution < 1.29 is 0 Å². The van der Waals surface area contributed by atoms with Crippen molar-refractivity contribution >= 4 is 0 Å². The fourth-order valence-corrected chi connectivity index (χ4v) is 2.39. The summed E-state index contributed by atoms with van der Waals surface area (Å²) in [4.78, 5) is 2.63. The molecule has 2 rings (SSSR count). The number of nitrogens with zero attached hydrogens (tertiary/aromatic N) is 1. The predicted octanol–water partition coefficient (Wildman–Crippen LogP) is 0.833. The second-order valence-corrected chi connectivity index (χ2v) is 3.78. The van der Waals surface area contributed by atoms with E-state index in [4.69, 9.17) is 0 Å². The molecule has 0 aromatic rings. The van der Waals surface area contributed by atoms with Gasteiger partial charge in [0.2, 0.25) is 0 Å². The van der Waals surface area contributed by atoms with Gasteiger partial charge in [-0.3, -0.25) is 4.90 Å². The molecule has 1 heterocycles. The summed E-state index contributed by atoms with van der Waals surface area (Å²) < 4.78 is 0. The highest BCUT2D eigenvalue weighted by Crippen LogP contribution is 2.27. The van der Waals surface area contributed by atoms with Crippen molar-refractivity contribution in [3.8, 4) is 0 Å². The smallest absolute Gasteiger partial charge is 0.0249 e. The highest BCUT2D eigenvalue weighted by atomic mass is 15.2. The fraction of sp³-hybridized carbons (Fsp3) is 1.00. The maximum atomic E-state index is 3.42. The Balaban J connectivity index is 1.89. The molecule has 2 fully saturated rings. The van der Waals surface area contributed by atoms with E-state index in [1.807, 2.05) is 0 Å². The van der Waals surface area contributed by atoms with Crippen molar-refractivity contribution in [3.05, 3.63) is 0 Å². The van der Waals surface area contributed by atoms with Crippen LogP contribution in [0.3, 0.4) is 0 Å². The lowest BCUT2D eigenvalue weighted by Crippen LogP contribution is -2.51. The number of rotatable bonds is 2. The zero-order chi connectivity index (χ0) is 7.68. The van der Waals surface area contributed by atoms with E-state index in [0.29, 0.717) is 0 Å². The minimum atomic E-state index is 0.787. The molecule has 2 atom stereocenters. The van der Waals surface area contributed by atoms with Gasteiger partial charge in [0.15, 0.2) is 0 Å². The van der Waals surface area contributed by atoms with Crippen LogP contribution in [0.2, 0.25) is 0 Å². The largest absolute Gasteiger partial charge is 0.315 e. The molecule has 2 unspecified atom stereocenters. The average Bonchev–Trinajstić information content (AvgIpc) is 2.32. The minimum Gasteiger partial charge on any atom is -0.315 e. The fourth-order valence-electron chi connectivity index (χ4n) is 2.39. The normalized spacial score (nSPS) is 39.0. The maximum absolute atomic E-state index is 3.42. The Hall–Kier alpha value is -0.0800. The van der Waals surface area contributed by atoms with Crippen molar-refractivity contribution in [3.63, 3.8) is 0 Å². The summed E-state index contributed by atoms with van der Waals surface area (Å²) in [5.74, 6) is 0. The Labute approximate surface area is 69.0 Å². The van der Waals surface area contributed by atoms with Crippen LogP contribution in [-0.4, -0.2) is 37.1 Å². The molecule has 0 aromatic heterocycles. The first-order chi connectivity index (χ1) is 5.42. The Morgan fingerprint density at radius 1 is 1.18 bits per heavy atom. The van der Waals surface area contributed by atoms with Gasteiger partial charge in [0.1, 0.15) is 0 Å². The second-order valence-electron chi connectivity index (χ2n) is 3.78. The highest BCUT2D eigenvalue weighted by Gasteiger charge is 2.33. The Morgan fingerprint density at radius 3 is 2.55 bits per heavy atom. The standard InChI is InChI=1S/C9H18N2/c1-10-8-4-2-5-9(8)11-6-3-7-11/h8-10H,2-7H2,1H3. The Bertz CT molecular complexity index is 132. The maximum Gasteiger partial charge on any atom is 0.0249 e. The quantitative estimate of drug-likeness (QED) is 0.634. The summed E-state index contributed by atoms with van der Waals surface area (Å²) in [6, 6.07) is 1.66. The van der Waals surface area contributed by atoms with Gasteiger partial charge in [-0.05, 0) is 39.4 Å². The van der Waals surface area contributed by atoms with Crippen LogP contribution in [0.1, 0.15) is 25.7 Å². The van der Waals surface area contributed by atoms with Crippen molar-refractivity contribution in [1.82, 2.24) is 10.2 Å². The Kier molecular flexibility index (Phi) is 2.14. The average molecular weight is 154 g/mol. The topological polar surface area (TPSA) is 15.3 Å². The van der Waals surface area contributed by atoms with E-state index in [0.717, 1.165) is 12.1 Å². The van der Waals surface area contributed by atoms with E-state index in [-0.39, 0.29) is 0 Å². The first-order valence-electron chi connectivity index (χ1n) is 4.83. The van der Waals surface area contributed by atoms with Crippen LogP contribution in [0.25, 0.3) is 0 Å². The van der Waals surface area contributed by atoms with Crippen LogP contribution < -0.4 is 5.32 Å². The third-order valence-electron chi connectivity index (χ3n) is 3.21. The molecule has 0 amide bonds. The van der Waals surface area contributed by atoms with E-state index < -0.39 is 0 Å². The second kappa shape index (κ2) is 3.11. The van der Waals surface area contributed by atoms with Crippen LogP contribution in [0.15, 0.2) is 0 Å². The SMILES string of the molecule is CNC1CCCC1N1CCC1. The molecule has 2 heteroatoms. The van der Waals surface area contributed by atoms with Crippen molar-refractivity contribution in [2.24, 2.45) is 0 Å². The lowest BCUT2D eigenvalue weighted by Gasteiger charge is -2.39. The van der Waals surface area contributed by atoms with Gasteiger partial charge >= 0.3 is 0 Å². The summed E-state index contributed by atoms with van der Waals surface area (Å²) in [5, 5.41) is 3.42.